The summed E-state index contributed by atoms with van der Waals surface area (Å²) in [4.78, 5) is 52.2. The Morgan fingerprint density at radius 2 is 1.32 bits per heavy atom. The van der Waals surface area contributed by atoms with Gasteiger partial charge in [-0.3, -0.25) is 19.2 Å². The minimum absolute atomic E-state index is 0.328. The molecule has 0 radical (unpaired) electrons. The second kappa shape index (κ2) is 13.8. The molecule has 2 aromatic heterocycles. The van der Waals surface area contributed by atoms with E-state index in [4.69, 9.17) is 0 Å². The molecule has 2 unspecified atom stereocenters. The highest BCUT2D eigenvalue weighted by Gasteiger charge is 2.40. The summed E-state index contributed by atoms with van der Waals surface area (Å²) in [7, 11) is 0. The molecule has 0 aliphatic carbocycles. The van der Waals surface area contributed by atoms with Gasteiger partial charge in [0.15, 0.2) is 0 Å². The number of rotatable bonds is 12. The van der Waals surface area contributed by atoms with Crippen LogP contribution < -0.4 is 9.80 Å². The lowest BCUT2D eigenvalue weighted by atomic mass is 9.99. The van der Waals surface area contributed by atoms with Crippen LogP contribution in [0.5, 0.6) is 0 Å². The summed E-state index contributed by atoms with van der Waals surface area (Å²) in [6.45, 7) is 9.98. The van der Waals surface area contributed by atoms with Gasteiger partial charge >= 0.3 is 0 Å². The van der Waals surface area contributed by atoms with E-state index < -0.39 is 0 Å². The highest BCUT2D eigenvalue weighted by atomic mass is 79.9. The number of anilines is 2. The molecule has 0 spiro atoms. The third kappa shape index (κ3) is 6.60. The molecule has 0 fully saturated rings. The number of Topliss-reactive ketones (excluding diaryl/α,β-unsaturated/α-hetero) is 2. The first-order valence-electron chi connectivity index (χ1n) is 13.4. The smallest absolute Gasteiger partial charge is 0.300 e. The van der Waals surface area contributed by atoms with Gasteiger partial charge in [-0.1, -0.05) is 66.2 Å². The Labute approximate surface area is 236 Å². The molecule has 4 heterocycles. The zero-order valence-electron chi connectivity index (χ0n) is 22.2. The fourth-order valence-corrected chi connectivity index (χ4v) is 7.29. The van der Waals surface area contributed by atoms with E-state index in [0.717, 1.165) is 48.0 Å². The summed E-state index contributed by atoms with van der Waals surface area (Å²) in [6, 6.07) is 1.88. The van der Waals surface area contributed by atoms with Crippen LogP contribution in [0.25, 0.3) is 0 Å². The van der Waals surface area contributed by atoms with E-state index in [1.165, 1.54) is 41.9 Å². The van der Waals surface area contributed by atoms with Crippen molar-refractivity contribution in [2.45, 2.75) is 79.1 Å². The fourth-order valence-electron chi connectivity index (χ4n) is 4.79. The molecule has 0 N–H and O–H groups in total. The highest BCUT2D eigenvalue weighted by molar-refractivity contribution is 9.10. The van der Waals surface area contributed by atoms with Crippen LogP contribution in [0.1, 0.15) is 98.4 Å². The quantitative estimate of drug-likeness (QED) is 0.231. The number of carbonyl (C=O) groups excluding carboxylic acids is 4. The molecule has 2 aliphatic heterocycles. The number of hydrogen-bond donors (Lipinski definition) is 0. The summed E-state index contributed by atoms with van der Waals surface area (Å²) >= 11 is 6.16. The van der Waals surface area contributed by atoms with Crippen molar-refractivity contribution in [3.63, 3.8) is 0 Å². The second-order valence-electron chi connectivity index (χ2n) is 9.72. The molecule has 0 saturated carbocycles. The largest absolute Gasteiger partial charge is 0.304 e. The number of hydrogen-bond acceptors (Lipinski definition) is 6. The first-order valence-corrected chi connectivity index (χ1v) is 15.9. The Hall–Kier alpha value is -1.84. The summed E-state index contributed by atoms with van der Waals surface area (Å²) in [5.74, 6) is -0.423. The van der Waals surface area contributed by atoms with Crippen LogP contribution in [-0.2, 0) is 9.59 Å². The van der Waals surface area contributed by atoms with E-state index in [-0.39, 0.29) is 23.4 Å². The Morgan fingerprint density at radius 3 is 1.89 bits per heavy atom. The van der Waals surface area contributed by atoms with E-state index >= 15 is 0 Å². The molecule has 37 heavy (non-hydrogen) atoms. The zero-order chi connectivity index (χ0) is 27.1. The van der Waals surface area contributed by atoms with Crippen LogP contribution in [0.4, 0.5) is 11.4 Å². The van der Waals surface area contributed by atoms with Crippen molar-refractivity contribution in [2.24, 2.45) is 11.8 Å². The van der Waals surface area contributed by atoms with Crippen LogP contribution in [0.2, 0.25) is 0 Å². The maximum absolute atomic E-state index is 12.1. The van der Waals surface area contributed by atoms with Crippen molar-refractivity contribution in [1.82, 2.24) is 0 Å². The third-order valence-electron chi connectivity index (χ3n) is 7.19. The van der Waals surface area contributed by atoms with Crippen molar-refractivity contribution in [3.05, 3.63) is 31.1 Å². The zero-order valence-corrected chi connectivity index (χ0v) is 25.4. The monoisotopic (exact) mass is 608 g/mol. The normalized spacial score (nSPS) is 16.1. The van der Waals surface area contributed by atoms with Crippen LogP contribution >= 0.6 is 38.6 Å². The topological polar surface area (TPSA) is 74.8 Å². The van der Waals surface area contributed by atoms with E-state index in [2.05, 4.69) is 43.6 Å². The molecule has 2 aromatic rings. The number of halogens is 1. The van der Waals surface area contributed by atoms with Gasteiger partial charge in [0.25, 0.3) is 23.4 Å². The summed E-state index contributed by atoms with van der Waals surface area (Å²) in [5.41, 5.74) is 1.61. The van der Waals surface area contributed by atoms with Gasteiger partial charge in [0.2, 0.25) is 0 Å². The van der Waals surface area contributed by atoms with Crippen molar-refractivity contribution in [2.75, 3.05) is 22.9 Å². The average Bonchev–Trinajstić information content (AvgIpc) is 3.64. The van der Waals surface area contributed by atoms with Gasteiger partial charge < -0.3 is 9.80 Å². The molecular weight excluding hydrogens is 572 g/mol. The van der Waals surface area contributed by atoms with Crippen molar-refractivity contribution < 1.29 is 19.2 Å². The molecule has 2 atom stereocenters. The number of carbonyl (C=O) groups is 4. The maximum atomic E-state index is 12.1. The van der Waals surface area contributed by atoms with E-state index in [0.29, 0.717) is 34.7 Å². The van der Waals surface area contributed by atoms with Gasteiger partial charge in [0, 0.05) is 18.5 Å². The van der Waals surface area contributed by atoms with Crippen LogP contribution in [0, 0.1) is 11.8 Å². The van der Waals surface area contributed by atoms with Gasteiger partial charge in [0.1, 0.15) is 9.75 Å². The van der Waals surface area contributed by atoms with Crippen LogP contribution in [-0.4, -0.2) is 36.5 Å². The molecule has 9 heteroatoms. The molecule has 4 rings (SSSR count). The first-order chi connectivity index (χ1) is 17.8. The van der Waals surface area contributed by atoms with E-state index in [9.17, 15) is 19.2 Å². The average molecular weight is 610 g/mol. The predicted molar refractivity (Wildman–Crippen MR) is 156 cm³/mol. The van der Waals surface area contributed by atoms with Gasteiger partial charge in [-0.2, -0.15) is 0 Å². The second-order valence-corrected chi connectivity index (χ2v) is 12.4. The summed E-state index contributed by atoms with van der Waals surface area (Å²) in [6.07, 6.45) is 9.03. The molecule has 2 amide bonds. The first kappa shape index (κ1) is 29.7. The Kier molecular flexibility index (Phi) is 11.1. The Bertz CT molecular complexity index is 1130. The molecular formula is C28H37BrN2O4S2. The van der Waals surface area contributed by atoms with E-state index in [1.54, 1.807) is 9.80 Å². The van der Waals surface area contributed by atoms with Crippen LogP contribution in [0.15, 0.2) is 21.3 Å². The Balaban J connectivity index is 0.000000206. The third-order valence-corrected chi connectivity index (χ3v) is 9.96. The highest BCUT2D eigenvalue weighted by Crippen LogP contribution is 2.41. The van der Waals surface area contributed by atoms with Crippen molar-refractivity contribution in [3.8, 4) is 0 Å². The van der Waals surface area contributed by atoms with Gasteiger partial charge in [0.05, 0.1) is 15.8 Å². The van der Waals surface area contributed by atoms with Crippen molar-refractivity contribution in [1.29, 1.82) is 0 Å². The molecule has 202 valence electrons. The molecule has 0 saturated heterocycles. The minimum Gasteiger partial charge on any atom is -0.304 e. The van der Waals surface area contributed by atoms with E-state index in [1.807, 2.05) is 16.8 Å². The Morgan fingerprint density at radius 1 is 0.784 bits per heavy atom. The maximum Gasteiger partial charge on any atom is 0.300 e. The van der Waals surface area contributed by atoms with Crippen molar-refractivity contribution >= 4 is 73.4 Å². The summed E-state index contributed by atoms with van der Waals surface area (Å²) in [5, 5.41) is 3.77. The van der Waals surface area contributed by atoms with Gasteiger partial charge in [-0.05, 0) is 52.1 Å². The number of nitrogens with zero attached hydrogens (tertiary/aromatic N) is 2. The van der Waals surface area contributed by atoms with Crippen LogP contribution in [0.3, 0.4) is 0 Å². The number of fused-ring (bicyclic) bond motifs is 2. The van der Waals surface area contributed by atoms with Gasteiger partial charge in [-0.15, -0.1) is 22.7 Å². The minimum atomic E-state index is -0.363. The standard InChI is InChI=1S/C14H18BrNO2S.C14H19NO2S/c1-3-5-6-9(4-2)7-16-11-10(15)8-19-13(11)12(17)14(16)18;1-3-5-6-10(4-2)9-15-11-7-8-18-13(11)12(16)14(15)17/h8-9H,3-7H2,1-2H3;7-8,10H,3-6,9H2,1-2H3. The molecule has 2 aliphatic rings. The SMILES string of the molecule is CCCCC(CC)CN1C(=O)C(=O)c2scc(Br)c21.CCCCC(CC)CN1C(=O)C(=O)c2sccc21. The predicted octanol–water partition coefficient (Wildman–Crippen LogP) is 7.75. The number of ketones is 2. The molecule has 6 nitrogen and oxygen atoms in total. The summed E-state index contributed by atoms with van der Waals surface area (Å²) < 4.78 is 0.858. The molecule has 0 aromatic carbocycles. The van der Waals surface area contributed by atoms with Gasteiger partial charge in [-0.25, -0.2) is 0 Å². The lowest BCUT2D eigenvalue weighted by Gasteiger charge is -2.23. The fraction of sp³-hybridized carbons (Fsp3) is 0.571. The number of amides is 2. The number of unbranched alkanes of at least 4 members (excludes halogenated alkanes) is 2. The lowest BCUT2D eigenvalue weighted by molar-refractivity contribution is -0.115. The molecule has 0 bridgehead atoms. The lowest BCUT2D eigenvalue weighted by Crippen LogP contribution is -2.34. The number of thiophene rings is 2.